The highest BCUT2D eigenvalue weighted by molar-refractivity contribution is 7.98. The second-order valence-corrected chi connectivity index (χ2v) is 12.3. The van der Waals surface area contributed by atoms with Crippen LogP contribution in [-0.4, -0.2) is 54.9 Å². The Labute approximate surface area is 260 Å². The molecule has 43 heavy (non-hydrogen) atoms. The third-order valence-electron chi connectivity index (χ3n) is 7.50. The maximum atomic E-state index is 15.1. The van der Waals surface area contributed by atoms with Crippen molar-refractivity contribution in [3.8, 4) is 11.4 Å². The van der Waals surface area contributed by atoms with E-state index in [-0.39, 0.29) is 35.4 Å². The summed E-state index contributed by atoms with van der Waals surface area (Å²) in [5.41, 5.74) is 4.75. The van der Waals surface area contributed by atoms with Gasteiger partial charge < -0.3 is 14.4 Å². The molecule has 1 aliphatic carbocycles. The summed E-state index contributed by atoms with van der Waals surface area (Å²) in [7, 11) is 3.91. The lowest BCUT2D eigenvalue weighted by Gasteiger charge is -2.25. The van der Waals surface area contributed by atoms with Crippen LogP contribution in [0.4, 0.5) is 13.2 Å². The van der Waals surface area contributed by atoms with E-state index in [1.165, 1.54) is 36.0 Å². The van der Waals surface area contributed by atoms with E-state index in [0.29, 0.717) is 23.4 Å². The number of rotatable bonds is 12. The number of fused-ring (bicyclic) bond motifs is 1. The topological polar surface area (TPSA) is 39.5 Å². The number of hydrogen-bond acceptors (Lipinski definition) is 5. The van der Waals surface area contributed by atoms with Gasteiger partial charge in [0.1, 0.15) is 29.8 Å². The zero-order valence-corrected chi connectivity index (χ0v) is 26.1. The molecule has 0 fully saturated rings. The van der Waals surface area contributed by atoms with Gasteiger partial charge in [-0.3, -0.25) is 4.57 Å². The van der Waals surface area contributed by atoms with E-state index in [2.05, 4.69) is 6.07 Å². The van der Waals surface area contributed by atoms with E-state index in [1.807, 2.05) is 42.6 Å². The van der Waals surface area contributed by atoms with Gasteiger partial charge in [-0.25, -0.2) is 18.2 Å². The molecule has 0 spiro atoms. The second-order valence-electron chi connectivity index (χ2n) is 10.9. The molecule has 1 aliphatic rings. The summed E-state index contributed by atoms with van der Waals surface area (Å²) in [4.78, 5) is 6.96. The molecule has 0 N–H and O–H groups in total. The Morgan fingerprint density at radius 2 is 1.74 bits per heavy atom. The van der Waals surface area contributed by atoms with Gasteiger partial charge >= 0.3 is 0 Å². The summed E-state index contributed by atoms with van der Waals surface area (Å²) in [6.45, 7) is 3.82. The number of thioether (sulfide) groups is 1. The number of benzene rings is 3. The molecule has 5 rings (SSSR count). The molecule has 1 atom stereocenters. The van der Waals surface area contributed by atoms with Crippen molar-refractivity contribution in [3.05, 3.63) is 105 Å². The van der Waals surface area contributed by atoms with Crippen molar-refractivity contribution in [2.45, 2.75) is 43.0 Å². The zero-order valence-electron chi connectivity index (χ0n) is 24.5. The molecule has 0 saturated heterocycles. The highest BCUT2D eigenvalue weighted by Crippen LogP contribution is 2.42. The molecule has 4 aromatic rings. The molecule has 1 aromatic heterocycles. The fourth-order valence-electron chi connectivity index (χ4n) is 5.26. The Morgan fingerprint density at radius 3 is 2.44 bits per heavy atom. The molecule has 0 saturated carbocycles. The number of halogens is 4. The summed E-state index contributed by atoms with van der Waals surface area (Å²) >= 11 is 7.57. The maximum Gasteiger partial charge on any atom is 0.173 e. The minimum absolute atomic E-state index is 0.0212. The summed E-state index contributed by atoms with van der Waals surface area (Å²) in [6.07, 6.45) is 2.65. The van der Waals surface area contributed by atoms with Crippen molar-refractivity contribution in [3.63, 3.8) is 0 Å². The monoisotopic (exact) mass is 629 g/mol. The van der Waals surface area contributed by atoms with Gasteiger partial charge in [0.2, 0.25) is 0 Å². The Morgan fingerprint density at radius 1 is 1.00 bits per heavy atom. The van der Waals surface area contributed by atoms with Gasteiger partial charge in [-0.15, -0.1) is 0 Å². The third kappa shape index (κ3) is 7.58. The number of aryl methyl sites for hydroxylation is 2. The van der Waals surface area contributed by atoms with E-state index in [9.17, 15) is 4.39 Å². The quantitative estimate of drug-likeness (QED) is 0.117. The SMILES string of the molecule is Cc1cc(C2CCCc3nc(SCc4c(F)cc(OCCOCCN(C)C)cc4F)n(-c4ccc(F)cc4)c32)ccc1Cl. The fraction of sp³-hybridized carbons (Fsp3) is 0.364. The molecule has 0 bridgehead atoms. The third-order valence-corrected chi connectivity index (χ3v) is 8.89. The number of likely N-dealkylation sites (N-methyl/N-ethyl adjacent to an activating group) is 1. The molecule has 0 aliphatic heterocycles. The molecule has 3 aromatic carbocycles. The molecule has 1 heterocycles. The second kappa shape index (κ2) is 14.2. The average Bonchev–Trinajstić information content (AvgIpc) is 3.35. The molecule has 5 nitrogen and oxygen atoms in total. The number of nitrogens with zero attached hydrogens (tertiary/aromatic N) is 3. The van der Waals surface area contributed by atoms with Crippen LogP contribution in [0.2, 0.25) is 5.02 Å². The van der Waals surface area contributed by atoms with Crippen LogP contribution in [-0.2, 0) is 16.9 Å². The lowest BCUT2D eigenvalue weighted by Crippen LogP contribution is -2.19. The zero-order chi connectivity index (χ0) is 30.5. The Kier molecular flexibility index (Phi) is 10.4. The first kappa shape index (κ1) is 31.4. The van der Waals surface area contributed by atoms with E-state index in [0.717, 1.165) is 54.0 Å². The van der Waals surface area contributed by atoms with E-state index >= 15 is 8.78 Å². The van der Waals surface area contributed by atoms with Gasteiger partial charge in [-0.2, -0.15) is 0 Å². The van der Waals surface area contributed by atoms with Crippen LogP contribution in [0.1, 0.15) is 46.8 Å². The lowest BCUT2D eigenvalue weighted by molar-refractivity contribution is 0.0888. The highest BCUT2D eigenvalue weighted by atomic mass is 35.5. The van der Waals surface area contributed by atoms with Gasteiger partial charge in [0.25, 0.3) is 0 Å². The van der Waals surface area contributed by atoms with E-state index < -0.39 is 11.6 Å². The average molecular weight is 630 g/mol. The Balaban J connectivity index is 1.39. The van der Waals surface area contributed by atoms with Crippen molar-refractivity contribution in [1.82, 2.24) is 14.5 Å². The summed E-state index contributed by atoms with van der Waals surface area (Å²) in [6, 6.07) is 14.7. The molecule has 0 radical (unpaired) electrons. The number of aromatic nitrogens is 2. The maximum absolute atomic E-state index is 15.1. The van der Waals surface area contributed by atoms with Crippen molar-refractivity contribution < 1.29 is 22.6 Å². The molecule has 228 valence electrons. The van der Waals surface area contributed by atoms with Gasteiger partial charge in [-0.1, -0.05) is 35.5 Å². The molecular formula is C33H35ClF3N3O2S. The summed E-state index contributed by atoms with van der Waals surface area (Å²) < 4.78 is 57.2. The van der Waals surface area contributed by atoms with Gasteiger partial charge in [0.15, 0.2) is 5.16 Å². The van der Waals surface area contributed by atoms with Crippen molar-refractivity contribution in [2.75, 3.05) is 40.5 Å². The predicted molar refractivity (Wildman–Crippen MR) is 165 cm³/mol. The van der Waals surface area contributed by atoms with Crippen LogP contribution in [0.3, 0.4) is 0 Å². The summed E-state index contributed by atoms with van der Waals surface area (Å²) in [5, 5.41) is 1.31. The minimum atomic E-state index is -0.685. The molecule has 1 unspecified atom stereocenters. The number of imidazole rings is 1. The first-order chi connectivity index (χ1) is 20.7. The molecule has 0 amide bonds. The van der Waals surface area contributed by atoms with Crippen LogP contribution in [0.25, 0.3) is 5.69 Å². The first-order valence-electron chi connectivity index (χ1n) is 14.3. The fourth-order valence-corrected chi connectivity index (χ4v) is 6.43. The van der Waals surface area contributed by atoms with E-state index in [1.54, 1.807) is 12.1 Å². The van der Waals surface area contributed by atoms with Crippen LogP contribution < -0.4 is 4.74 Å². The molecular weight excluding hydrogens is 595 g/mol. The Bertz CT molecular complexity index is 1540. The number of ether oxygens (including phenoxy) is 2. The predicted octanol–water partition coefficient (Wildman–Crippen LogP) is 7.97. The van der Waals surface area contributed by atoms with Crippen molar-refractivity contribution in [2.24, 2.45) is 0 Å². The smallest absolute Gasteiger partial charge is 0.173 e. The van der Waals surface area contributed by atoms with Crippen LogP contribution in [0.15, 0.2) is 59.8 Å². The Hall–Kier alpha value is -2.98. The van der Waals surface area contributed by atoms with Crippen molar-refractivity contribution >= 4 is 23.4 Å². The van der Waals surface area contributed by atoms with Gasteiger partial charge in [0, 0.05) is 46.6 Å². The normalized spacial score (nSPS) is 14.7. The first-order valence-corrected chi connectivity index (χ1v) is 15.7. The minimum Gasteiger partial charge on any atom is -0.491 e. The van der Waals surface area contributed by atoms with Gasteiger partial charge in [-0.05, 0) is 81.7 Å². The highest BCUT2D eigenvalue weighted by Gasteiger charge is 2.30. The van der Waals surface area contributed by atoms with E-state index in [4.69, 9.17) is 26.1 Å². The van der Waals surface area contributed by atoms with Crippen LogP contribution in [0, 0.1) is 24.4 Å². The van der Waals surface area contributed by atoms with Gasteiger partial charge in [0.05, 0.1) is 24.6 Å². The summed E-state index contributed by atoms with van der Waals surface area (Å²) in [5.74, 6) is -1.53. The van der Waals surface area contributed by atoms with Crippen LogP contribution >= 0.6 is 23.4 Å². The molecule has 10 heteroatoms. The number of hydrogen-bond donors (Lipinski definition) is 0. The lowest BCUT2D eigenvalue weighted by atomic mass is 9.83. The standard InChI is InChI=1S/C33H35ClF3N3O2S/c1-21-17-22(7-12-28(21)34)26-5-4-6-31-32(26)40(24-10-8-23(35)9-11-24)33(38-31)43-20-27-29(36)18-25(19-30(27)37)42-16-15-41-14-13-39(2)3/h7-12,17-19,26H,4-6,13-16,20H2,1-3H3. The van der Waals surface area contributed by atoms with Crippen molar-refractivity contribution in [1.29, 1.82) is 0 Å². The largest absolute Gasteiger partial charge is 0.491 e. The van der Waals surface area contributed by atoms with Crippen LogP contribution in [0.5, 0.6) is 5.75 Å².